The number of nitrogens with zero attached hydrogens (tertiary/aromatic N) is 2. The van der Waals surface area contributed by atoms with Crippen LogP contribution in [0.15, 0.2) is 42.6 Å². The molecule has 0 unspecified atom stereocenters. The van der Waals surface area contributed by atoms with Gasteiger partial charge in [0.1, 0.15) is 0 Å². The fraction of sp³-hybridized carbons (Fsp3) is 0.267. The van der Waals surface area contributed by atoms with E-state index in [2.05, 4.69) is 22.3 Å². The Morgan fingerprint density at radius 3 is 2.83 bits per heavy atom. The number of nitrogens with one attached hydrogen (secondary N) is 1. The third-order valence-corrected chi connectivity index (χ3v) is 2.57. The lowest BCUT2D eigenvalue weighted by molar-refractivity contribution is 0.677. The van der Waals surface area contributed by atoms with Crippen molar-refractivity contribution in [1.29, 1.82) is 0 Å². The highest BCUT2D eigenvalue weighted by molar-refractivity contribution is 5.30. The summed E-state index contributed by atoms with van der Waals surface area (Å²) < 4.78 is 1.89. The van der Waals surface area contributed by atoms with E-state index in [0.29, 0.717) is 0 Å². The van der Waals surface area contributed by atoms with Crippen molar-refractivity contribution in [3.05, 3.63) is 48.3 Å². The molecule has 0 aliphatic rings. The molecule has 0 saturated carbocycles. The molecule has 1 aromatic carbocycles. The zero-order valence-corrected chi connectivity index (χ0v) is 10.6. The zero-order valence-electron chi connectivity index (χ0n) is 10.6. The molecule has 3 nitrogen and oxygen atoms in total. The minimum atomic E-state index is 0.783. The first-order valence-electron chi connectivity index (χ1n) is 6.10. The Morgan fingerprint density at radius 1 is 1.22 bits per heavy atom. The summed E-state index contributed by atoms with van der Waals surface area (Å²) >= 11 is 0. The van der Waals surface area contributed by atoms with E-state index in [4.69, 9.17) is 0 Å². The third-order valence-electron chi connectivity index (χ3n) is 2.57. The van der Waals surface area contributed by atoms with Gasteiger partial charge in [0, 0.05) is 25.7 Å². The number of hydrogen-bond acceptors (Lipinski definition) is 2. The monoisotopic (exact) mass is 239 g/mol. The van der Waals surface area contributed by atoms with Crippen molar-refractivity contribution in [3.63, 3.8) is 0 Å². The standard InChI is InChI=1S/C15H17N3/c1-2-3-7-11-16-13-14-10-12-18(17-14)15-8-5-4-6-9-15/h4-6,8-10,12,16H,7,11,13H2,1H3. The predicted octanol–water partition coefficient (Wildman–Crippen LogP) is 2.38. The van der Waals surface area contributed by atoms with E-state index in [1.54, 1.807) is 0 Å². The first-order chi connectivity index (χ1) is 8.90. The largest absolute Gasteiger partial charge is 0.310 e. The van der Waals surface area contributed by atoms with Gasteiger partial charge in [-0.3, -0.25) is 0 Å². The molecule has 0 amide bonds. The smallest absolute Gasteiger partial charge is 0.0766 e. The van der Waals surface area contributed by atoms with E-state index < -0.39 is 0 Å². The van der Waals surface area contributed by atoms with Crippen LogP contribution in [0.1, 0.15) is 19.0 Å². The maximum absolute atomic E-state index is 4.52. The predicted molar refractivity (Wildman–Crippen MR) is 73.3 cm³/mol. The molecule has 0 radical (unpaired) electrons. The topological polar surface area (TPSA) is 29.9 Å². The van der Waals surface area contributed by atoms with Gasteiger partial charge in [-0.1, -0.05) is 18.2 Å². The summed E-state index contributed by atoms with van der Waals surface area (Å²) in [7, 11) is 0. The molecule has 2 aromatic rings. The zero-order chi connectivity index (χ0) is 12.6. The minimum Gasteiger partial charge on any atom is -0.310 e. The molecular weight excluding hydrogens is 222 g/mol. The normalized spacial score (nSPS) is 9.83. The molecule has 1 N–H and O–H groups in total. The molecule has 92 valence electrons. The van der Waals surface area contributed by atoms with Crippen molar-refractivity contribution in [3.8, 4) is 17.5 Å². The maximum atomic E-state index is 4.52. The van der Waals surface area contributed by atoms with E-state index >= 15 is 0 Å². The second kappa shape index (κ2) is 6.63. The number of hydrogen-bond donors (Lipinski definition) is 1. The van der Waals surface area contributed by atoms with Gasteiger partial charge in [0.15, 0.2) is 0 Å². The van der Waals surface area contributed by atoms with Crippen LogP contribution in [0.3, 0.4) is 0 Å². The Balaban J connectivity index is 1.88. The summed E-state index contributed by atoms with van der Waals surface area (Å²) in [6, 6.07) is 12.1. The van der Waals surface area contributed by atoms with E-state index in [-0.39, 0.29) is 0 Å². The van der Waals surface area contributed by atoms with Gasteiger partial charge < -0.3 is 5.32 Å². The molecule has 0 fully saturated rings. The molecule has 0 spiro atoms. The summed E-state index contributed by atoms with van der Waals surface area (Å²) in [6.45, 7) is 3.55. The lowest BCUT2D eigenvalue weighted by atomic mass is 10.3. The van der Waals surface area contributed by atoms with Gasteiger partial charge in [0.2, 0.25) is 0 Å². The first-order valence-corrected chi connectivity index (χ1v) is 6.10. The SMILES string of the molecule is CC#CCCNCc1ccn(-c2ccccc2)n1. The summed E-state index contributed by atoms with van der Waals surface area (Å²) in [5, 5.41) is 7.84. The number of rotatable bonds is 5. The van der Waals surface area contributed by atoms with Crippen molar-refractivity contribution in [2.75, 3.05) is 6.54 Å². The Hall–Kier alpha value is -2.05. The van der Waals surface area contributed by atoms with Crippen LogP contribution in [0.25, 0.3) is 5.69 Å². The highest BCUT2D eigenvalue weighted by Gasteiger charge is 1.99. The Kier molecular flexibility index (Phi) is 4.57. The molecule has 18 heavy (non-hydrogen) atoms. The van der Waals surface area contributed by atoms with Crippen LogP contribution in [-0.2, 0) is 6.54 Å². The molecule has 0 bridgehead atoms. The first kappa shape index (κ1) is 12.4. The van der Waals surface area contributed by atoms with Gasteiger partial charge in [-0.05, 0) is 25.1 Å². The van der Waals surface area contributed by atoms with Crippen LogP contribution >= 0.6 is 0 Å². The van der Waals surface area contributed by atoms with E-state index in [0.717, 1.165) is 30.9 Å². The maximum Gasteiger partial charge on any atom is 0.0766 e. The molecule has 0 aliphatic carbocycles. The van der Waals surface area contributed by atoms with Gasteiger partial charge in [-0.25, -0.2) is 4.68 Å². The molecule has 0 saturated heterocycles. The van der Waals surface area contributed by atoms with Crippen LogP contribution in [0, 0.1) is 11.8 Å². The highest BCUT2D eigenvalue weighted by atomic mass is 15.3. The summed E-state index contributed by atoms with van der Waals surface area (Å²) in [5.41, 5.74) is 2.13. The minimum absolute atomic E-state index is 0.783. The van der Waals surface area contributed by atoms with Crippen LogP contribution in [0.5, 0.6) is 0 Å². The third kappa shape index (κ3) is 3.47. The van der Waals surface area contributed by atoms with E-state index in [9.17, 15) is 0 Å². The van der Waals surface area contributed by atoms with Crippen LogP contribution < -0.4 is 5.32 Å². The van der Waals surface area contributed by atoms with Crippen molar-refractivity contribution >= 4 is 0 Å². The lowest BCUT2D eigenvalue weighted by Crippen LogP contribution is -2.14. The Labute approximate surface area is 108 Å². The second-order valence-corrected chi connectivity index (χ2v) is 3.94. The number of para-hydroxylation sites is 1. The summed E-state index contributed by atoms with van der Waals surface area (Å²) in [6.07, 6.45) is 2.87. The Bertz CT molecular complexity index is 532. The van der Waals surface area contributed by atoms with Crippen molar-refractivity contribution < 1.29 is 0 Å². The fourth-order valence-electron chi connectivity index (χ4n) is 1.67. The van der Waals surface area contributed by atoms with Crippen LogP contribution in [-0.4, -0.2) is 16.3 Å². The quantitative estimate of drug-likeness (QED) is 0.641. The van der Waals surface area contributed by atoms with Gasteiger partial charge >= 0.3 is 0 Å². The van der Waals surface area contributed by atoms with E-state index in [1.165, 1.54) is 0 Å². The molecule has 0 aliphatic heterocycles. The number of benzene rings is 1. The average Bonchev–Trinajstić information content (AvgIpc) is 2.88. The molecule has 3 heteroatoms. The van der Waals surface area contributed by atoms with Gasteiger partial charge in [-0.15, -0.1) is 11.8 Å². The molecular formula is C15H17N3. The lowest BCUT2D eigenvalue weighted by Gasteiger charge is -2.01. The second-order valence-electron chi connectivity index (χ2n) is 3.94. The summed E-state index contributed by atoms with van der Waals surface area (Å²) in [4.78, 5) is 0. The highest BCUT2D eigenvalue weighted by Crippen LogP contribution is 2.06. The van der Waals surface area contributed by atoms with E-state index in [1.807, 2.05) is 54.2 Å². The van der Waals surface area contributed by atoms with Crippen LogP contribution in [0.2, 0.25) is 0 Å². The summed E-state index contributed by atoms with van der Waals surface area (Å²) in [5.74, 6) is 5.91. The molecule has 2 rings (SSSR count). The molecule has 1 aromatic heterocycles. The molecule has 0 atom stereocenters. The van der Waals surface area contributed by atoms with Gasteiger partial charge in [0.05, 0.1) is 11.4 Å². The Morgan fingerprint density at radius 2 is 2.06 bits per heavy atom. The van der Waals surface area contributed by atoms with Crippen LogP contribution in [0.4, 0.5) is 0 Å². The number of aromatic nitrogens is 2. The van der Waals surface area contributed by atoms with Crippen molar-refractivity contribution in [1.82, 2.24) is 15.1 Å². The van der Waals surface area contributed by atoms with Gasteiger partial charge in [0.25, 0.3) is 0 Å². The van der Waals surface area contributed by atoms with Crippen molar-refractivity contribution in [2.24, 2.45) is 0 Å². The fourth-order valence-corrected chi connectivity index (χ4v) is 1.67. The molecule has 1 heterocycles. The van der Waals surface area contributed by atoms with Gasteiger partial charge in [-0.2, -0.15) is 5.10 Å². The average molecular weight is 239 g/mol. The van der Waals surface area contributed by atoms with Crippen molar-refractivity contribution in [2.45, 2.75) is 19.9 Å².